The van der Waals surface area contributed by atoms with E-state index in [1.807, 2.05) is 18.3 Å². The Morgan fingerprint density at radius 3 is 2.91 bits per heavy atom. The van der Waals surface area contributed by atoms with E-state index in [0.29, 0.717) is 20.8 Å². The molecule has 2 aliphatic carbocycles. The summed E-state index contributed by atoms with van der Waals surface area (Å²) >= 11 is 13.6. The molecule has 3 unspecified atom stereocenters. The number of fused-ring (bicyclic) bond motifs is 3. The van der Waals surface area contributed by atoms with E-state index in [1.54, 1.807) is 6.07 Å². The molecule has 2 bridgehead atoms. The molecule has 2 fully saturated rings. The predicted molar refractivity (Wildman–Crippen MR) is 96.7 cm³/mol. The molecule has 1 aromatic carbocycles. The van der Waals surface area contributed by atoms with Gasteiger partial charge in [0.05, 0.1) is 5.02 Å². The molecule has 2 aliphatic rings. The Kier molecular flexibility index (Phi) is 4.08. The molecule has 1 N–H and O–H groups in total. The van der Waals surface area contributed by atoms with Crippen molar-refractivity contribution in [2.75, 3.05) is 0 Å². The molecule has 2 saturated carbocycles. The second kappa shape index (κ2) is 6.08. The molecule has 0 aliphatic heterocycles. The third kappa shape index (κ3) is 2.88. The Balaban J connectivity index is 1.48. The van der Waals surface area contributed by atoms with Gasteiger partial charge in [-0.1, -0.05) is 35.7 Å². The van der Waals surface area contributed by atoms with Crippen LogP contribution in [-0.4, -0.2) is 12.1 Å². The minimum Gasteiger partial charge on any atom is -0.266 e. The molecule has 6 heteroatoms. The van der Waals surface area contributed by atoms with Crippen molar-refractivity contribution in [1.29, 1.82) is 0 Å². The van der Waals surface area contributed by atoms with Gasteiger partial charge in [0.25, 0.3) is 5.91 Å². The molecular formula is C17H16Cl2N2OS. The second-order valence-electron chi connectivity index (χ2n) is 6.44. The first kappa shape index (κ1) is 15.4. The molecular weight excluding hydrogens is 351 g/mol. The van der Waals surface area contributed by atoms with Crippen LogP contribution >= 0.6 is 34.5 Å². The number of halogens is 2. The molecule has 4 rings (SSSR count). The lowest BCUT2D eigenvalue weighted by molar-refractivity contribution is 0.0959. The maximum atomic E-state index is 12.3. The molecule has 1 heterocycles. The van der Waals surface area contributed by atoms with Gasteiger partial charge >= 0.3 is 0 Å². The Morgan fingerprint density at radius 1 is 1.30 bits per heavy atom. The highest BCUT2D eigenvalue weighted by atomic mass is 35.5. The molecule has 23 heavy (non-hydrogen) atoms. The Bertz CT molecular complexity index is 801. The summed E-state index contributed by atoms with van der Waals surface area (Å²) in [5.74, 6) is 1.89. The van der Waals surface area contributed by atoms with Gasteiger partial charge in [0.2, 0.25) is 0 Å². The minimum absolute atomic E-state index is 0.258. The van der Waals surface area contributed by atoms with Crippen LogP contribution in [0.3, 0.4) is 0 Å². The van der Waals surface area contributed by atoms with Gasteiger partial charge in [-0.25, -0.2) is 5.43 Å². The number of hydrogen-bond donors (Lipinski definition) is 1. The molecule has 120 valence electrons. The van der Waals surface area contributed by atoms with E-state index in [-0.39, 0.29) is 5.91 Å². The predicted octanol–water partition coefficient (Wildman–Crippen LogP) is 5.36. The molecule has 2 aromatic rings. The zero-order valence-electron chi connectivity index (χ0n) is 12.4. The molecule has 0 radical (unpaired) electrons. The van der Waals surface area contributed by atoms with Crippen molar-refractivity contribution in [3.8, 4) is 0 Å². The number of thiophene rings is 1. The van der Waals surface area contributed by atoms with Crippen LogP contribution in [0.15, 0.2) is 23.3 Å². The van der Waals surface area contributed by atoms with Crippen LogP contribution in [0, 0.1) is 17.8 Å². The van der Waals surface area contributed by atoms with Crippen LogP contribution in [0.25, 0.3) is 10.1 Å². The quantitative estimate of drug-likeness (QED) is 0.576. The zero-order valence-corrected chi connectivity index (χ0v) is 14.7. The number of carbonyl (C=O) groups excluding carboxylic acids is 1. The summed E-state index contributed by atoms with van der Waals surface area (Å²) in [6.45, 7) is 0. The lowest BCUT2D eigenvalue weighted by Crippen LogP contribution is -2.19. The van der Waals surface area contributed by atoms with E-state index in [0.717, 1.165) is 21.9 Å². The van der Waals surface area contributed by atoms with Gasteiger partial charge in [0.15, 0.2) is 0 Å². The first-order valence-electron chi connectivity index (χ1n) is 7.83. The number of carbonyl (C=O) groups is 1. The van der Waals surface area contributed by atoms with E-state index < -0.39 is 0 Å². The monoisotopic (exact) mass is 366 g/mol. The fraction of sp³-hybridized carbons (Fsp3) is 0.412. The number of nitrogens with one attached hydrogen (secondary N) is 1. The average Bonchev–Trinajstić information content (AvgIpc) is 3.22. The van der Waals surface area contributed by atoms with Crippen molar-refractivity contribution in [2.24, 2.45) is 22.9 Å². The van der Waals surface area contributed by atoms with E-state index >= 15 is 0 Å². The second-order valence-corrected chi connectivity index (χ2v) is 8.31. The zero-order chi connectivity index (χ0) is 16.0. The van der Waals surface area contributed by atoms with E-state index in [4.69, 9.17) is 23.2 Å². The van der Waals surface area contributed by atoms with Crippen molar-refractivity contribution in [3.63, 3.8) is 0 Å². The van der Waals surface area contributed by atoms with Crippen LogP contribution in [-0.2, 0) is 0 Å². The van der Waals surface area contributed by atoms with Gasteiger partial charge in [-0.2, -0.15) is 5.10 Å². The molecule has 1 aromatic heterocycles. The van der Waals surface area contributed by atoms with E-state index in [9.17, 15) is 4.79 Å². The molecule has 3 atom stereocenters. The summed E-state index contributed by atoms with van der Waals surface area (Å²) < 4.78 is 0.907. The first-order chi connectivity index (χ1) is 11.1. The SMILES string of the molecule is O=C(N/N=C/C1CC2CCC1C2)c1sc2cc(Cl)ccc2c1Cl. The number of amides is 1. The smallest absolute Gasteiger partial charge is 0.266 e. The fourth-order valence-electron chi connectivity index (χ4n) is 3.90. The van der Waals surface area contributed by atoms with E-state index in [2.05, 4.69) is 10.5 Å². The van der Waals surface area contributed by atoms with Crippen LogP contribution in [0.4, 0.5) is 0 Å². The molecule has 1 amide bonds. The van der Waals surface area contributed by atoms with Crippen molar-refractivity contribution < 1.29 is 4.79 Å². The first-order valence-corrected chi connectivity index (χ1v) is 9.40. The average molecular weight is 367 g/mol. The normalized spacial score (nSPS) is 26.4. The van der Waals surface area contributed by atoms with Gasteiger partial charge in [-0.15, -0.1) is 11.3 Å². The maximum absolute atomic E-state index is 12.3. The number of benzene rings is 1. The molecule has 3 nitrogen and oxygen atoms in total. The van der Waals surface area contributed by atoms with Gasteiger partial charge in [0.1, 0.15) is 4.88 Å². The highest BCUT2D eigenvalue weighted by Crippen LogP contribution is 2.47. The highest BCUT2D eigenvalue weighted by molar-refractivity contribution is 7.21. The molecule has 0 spiro atoms. The topological polar surface area (TPSA) is 41.5 Å². The Hall–Kier alpha value is -1.10. The summed E-state index contributed by atoms with van der Waals surface area (Å²) in [7, 11) is 0. The van der Waals surface area contributed by atoms with Gasteiger partial charge < -0.3 is 0 Å². The van der Waals surface area contributed by atoms with Crippen LogP contribution in [0.1, 0.15) is 35.4 Å². The fourth-order valence-corrected chi connectivity index (χ4v) is 5.59. The highest BCUT2D eigenvalue weighted by Gasteiger charge is 2.38. The largest absolute Gasteiger partial charge is 0.282 e. The summed E-state index contributed by atoms with van der Waals surface area (Å²) in [5.41, 5.74) is 2.63. The number of rotatable bonds is 3. The summed E-state index contributed by atoms with van der Waals surface area (Å²) in [4.78, 5) is 12.8. The van der Waals surface area contributed by atoms with Gasteiger partial charge in [-0.05, 0) is 49.1 Å². The number of hydrazone groups is 1. The number of nitrogens with zero attached hydrogens (tertiary/aromatic N) is 1. The van der Waals surface area contributed by atoms with E-state index in [1.165, 1.54) is 37.0 Å². The maximum Gasteiger partial charge on any atom is 0.282 e. The summed E-state index contributed by atoms with van der Waals surface area (Å²) in [5, 5.41) is 6.13. The van der Waals surface area contributed by atoms with Gasteiger partial charge in [-0.3, -0.25) is 4.79 Å². The minimum atomic E-state index is -0.258. The Morgan fingerprint density at radius 2 is 2.17 bits per heavy atom. The summed E-state index contributed by atoms with van der Waals surface area (Å²) in [6.07, 6.45) is 7.12. The van der Waals surface area contributed by atoms with Crippen LogP contribution < -0.4 is 5.43 Å². The third-order valence-electron chi connectivity index (χ3n) is 5.02. The van der Waals surface area contributed by atoms with Crippen LogP contribution in [0.5, 0.6) is 0 Å². The van der Waals surface area contributed by atoms with Gasteiger partial charge in [0, 0.05) is 21.3 Å². The van der Waals surface area contributed by atoms with Crippen molar-refractivity contribution >= 4 is 56.7 Å². The molecule has 0 saturated heterocycles. The standard InChI is InChI=1S/C17H16Cl2N2OS/c18-12-3-4-13-14(7-12)23-16(15(13)19)17(22)21-20-8-11-6-9-1-2-10(11)5-9/h3-4,7-11H,1-2,5-6H2,(H,21,22)/b20-8+. The lowest BCUT2D eigenvalue weighted by Gasteiger charge is -2.16. The van der Waals surface area contributed by atoms with Crippen molar-refractivity contribution in [1.82, 2.24) is 5.43 Å². The third-order valence-corrected chi connectivity index (χ3v) is 6.91. The number of hydrogen-bond acceptors (Lipinski definition) is 3. The van der Waals surface area contributed by atoms with Crippen molar-refractivity contribution in [3.05, 3.63) is 33.1 Å². The lowest BCUT2D eigenvalue weighted by atomic mass is 9.90. The van der Waals surface area contributed by atoms with Crippen LogP contribution in [0.2, 0.25) is 10.0 Å². The summed E-state index contributed by atoms with van der Waals surface area (Å²) in [6, 6.07) is 5.44. The Labute approximate surface area is 148 Å². The van der Waals surface area contributed by atoms with Crippen molar-refractivity contribution in [2.45, 2.75) is 25.7 Å².